The topological polar surface area (TPSA) is 183 Å². The average molecular weight is 431 g/mol. The van der Waals surface area contributed by atoms with Gasteiger partial charge in [0.25, 0.3) is 0 Å². The predicted octanol–water partition coefficient (Wildman–Crippen LogP) is 0.522. The average Bonchev–Trinajstić information content (AvgIpc) is 2.62. The molecule has 13 heteroatoms. The van der Waals surface area contributed by atoms with E-state index in [-0.39, 0.29) is 19.4 Å². The fourth-order valence-corrected chi connectivity index (χ4v) is 3.01. The van der Waals surface area contributed by atoms with Crippen LogP contribution in [-0.2, 0) is 42.9 Å². The van der Waals surface area contributed by atoms with Gasteiger partial charge in [-0.3, -0.25) is 19.2 Å². The molecule has 0 aliphatic carbocycles. The number of esters is 4. The maximum Gasteiger partial charge on any atom is 0.303 e. The van der Waals surface area contributed by atoms with Crippen LogP contribution in [0.3, 0.4) is 0 Å². The lowest BCUT2D eigenvalue weighted by Gasteiger charge is -2.48. The molecule has 30 heavy (non-hydrogen) atoms. The van der Waals surface area contributed by atoms with Crippen molar-refractivity contribution in [3.63, 3.8) is 0 Å². The highest BCUT2D eigenvalue weighted by Crippen LogP contribution is 2.37. The fourth-order valence-electron chi connectivity index (χ4n) is 3.01. The van der Waals surface area contributed by atoms with Crippen molar-refractivity contribution in [2.45, 2.75) is 70.7 Å². The summed E-state index contributed by atoms with van der Waals surface area (Å²) in [6.45, 7) is 3.92. The number of hydrogen-bond acceptors (Lipinski definition) is 11. The SMILES string of the molecule is CC(=O)OC[C@H]1O[C@](O)(CCCN=[N+]=[N-])[C@@H](OC(C)=O)[C@@H](OC(C)=O)[C@@H]1OC(C)=O. The number of aliphatic hydroxyl groups is 1. The van der Waals surface area contributed by atoms with Gasteiger partial charge in [-0.1, -0.05) is 5.11 Å². The summed E-state index contributed by atoms with van der Waals surface area (Å²) >= 11 is 0. The largest absolute Gasteiger partial charge is 0.463 e. The van der Waals surface area contributed by atoms with Crippen LogP contribution in [0.1, 0.15) is 40.5 Å². The van der Waals surface area contributed by atoms with Crippen LogP contribution >= 0.6 is 0 Å². The van der Waals surface area contributed by atoms with Gasteiger partial charge in [-0.05, 0) is 12.0 Å². The first-order chi connectivity index (χ1) is 14.0. The van der Waals surface area contributed by atoms with Gasteiger partial charge >= 0.3 is 23.9 Å². The minimum atomic E-state index is -2.22. The first-order valence-electron chi connectivity index (χ1n) is 9.06. The fraction of sp³-hybridized carbons (Fsp3) is 0.765. The van der Waals surface area contributed by atoms with Gasteiger partial charge in [0.2, 0.25) is 5.79 Å². The molecule has 0 aromatic carbocycles. The Kier molecular flexibility index (Phi) is 9.50. The summed E-state index contributed by atoms with van der Waals surface area (Å²) in [4.78, 5) is 48.8. The Morgan fingerprint density at radius 2 is 1.57 bits per heavy atom. The molecule has 1 heterocycles. The Balaban J connectivity index is 3.37. The quantitative estimate of drug-likeness (QED) is 0.135. The second kappa shape index (κ2) is 11.3. The second-order valence-corrected chi connectivity index (χ2v) is 6.54. The van der Waals surface area contributed by atoms with Crippen molar-refractivity contribution in [2.75, 3.05) is 13.2 Å². The van der Waals surface area contributed by atoms with E-state index in [1.165, 1.54) is 0 Å². The molecule has 13 nitrogen and oxygen atoms in total. The summed E-state index contributed by atoms with van der Waals surface area (Å²) in [6.07, 6.45) is -5.74. The van der Waals surface area contributed by atoms with Crippen molar-refractivity contribution in [2.24, 2.45) is 5.11 Å². The number of azide groups is 1. The molecule has 1 fully saturated rings. The molecule has 0 unspecified atom stereocenters. The van der Waals surface area contributed by atoms with E-state index in [2.05, 4.69) is 10.0 Å². The molecule has 1 N–H and O–H groups in total. The maximum absolute atomic E-state index is 11.7. The molecule has 0 radical (unpaired) electrons. The van der Waals surface area contributed by atoms with Gasteiger partial charge in [-0.15, -0.1) is 0 Å². The van der Waals surface area contributed by atoms with Crippen molar-refractivity contribution in [1.29, 1.82) is 0 Å². The zero-order valence-corrected chi connectivity index (χ0v) is 17.1. The lowest BCUT2D eigenvalue weighted by Crippen LogP contribution is -2.68. The van der Waals surface area contributed by atoms with Gasteiger partial charge in [0.05, 0.1) is 0 Å². The zero-order chi connectivity index (χ0) is 22.9. The number of ether oxygens (including phenoxy) is 5. The van der Waals surface area contributed by atoms with Gasteiger partial charge in [0.15, 0.2) is 18.3 Å². The van der Waals surface area contributed by atoms with E-state index in [0.717, 1.165) is 27.7 Å². The summed E-state index contributed by atoms with van der Waals surface area (Å²) in [6, 6.07) is 0. The van der Waals surface area contributed by atoms with Crippen LogP contribution in [0.4, 0.5) is 0 Å². The van der Waals surface area contributed by atoms with Crippen molar-refractivity contribution < 1.29 is 48.0 Å². The number of nitrogens with zero attached hydrogens (tertiary/aromatic N) is 3. The summed E-state index contributed by atoms with van der Waals surface area (Å²) in [5.74, 6) is -5.30. The maximum atomic E-state index is 11.7. The van der Waals surface area contributed by atoms with E-state index in [1.54, 1.807) is 0 Å². The monoisotopic (exact) mass is 431 g/mol. The van der Waals surface area contributed by atoms with E-state index in [0.29, 0.717) is 0 Å². The summed E-state index contributed by atoms with van der Waals surface area (Å²) in [5, 5.41) is 14.5. The predicted molar refractivity (Wildman–Crippen MR) is 96.4 cm³/mol. The summed E-state index contributed by atoms with van der Waals surface area (Å²) in [7, 11) is 0. The molecule has 1 saturated heterocycles. The van der Waals surface area contributed by atoms with E-state index in [4.69, 9.17) is 29.2 Å². The van der Waals surface area contributed by atoms with Crippen LogP contribution in [0.25, 0.3) is 10.4 Å². The third-order valence-electron chi connectivity index (χ3n) is 3.99. The van der Waals surface area contributed by atoms with Crippen molar-refractivity contribution in [3.8, 4) is 0 Å². The minimum absolute atomic E-state index is 0.00478. The van der Waals surface area contributed by atoms with Crippen LogP contribution in [-0.4, -0.2) is 72.3 Å². The van der Waals surface area contributed by atoms with Crippen LogP contribution in [0.2, 0.25) is 0 Å². The van der Waals surface area contributed by atoms with Crippen molar-refractivity contribution in [1.82, 2.24) is 0 Å². The van der Waals surface area contributed by atoms with Gasteiger partial charge in [-0.25, -0.2) is 0 Å². The first-order valence-corrected chi connectivity index (χ1v) is 9.06. The molecule has 0 aromatic rings. The Bertz CT molecular complexity index is 708. The van der Waals surface area contributed by atoms with E-state index >= 15 is 0 Å². The third kappa shape index (κ3) is 7.50. The van der Waals surface area contributed by atoms with E-state index in [1.807, 2.05) is 0 Å². The molecule has 1 rings (SSSR count). The minimum Gasteiger partial charge on any atom is -0.463 e. The molecule has 1 aliphatic rings. The highest BCUT2D eigenvalue weighted by molar-refractivity contribution is 5.68. The zero-order valence-electron chi connectivity index (χ0n) is 17.1. The van der Waals surface area contributed by atoms with Crippen LogP contribution in [0.5, 0.6) is 0 Å². The Morgan fingerprint density at radius 3 is 2.07 bits per heavy atom. The van der Waals surface area contributed by atoms with Gasteiger partial charge in [0.1, 0.15) is 12.7 Å². The van der Waals surface area contributed by atoms with Crippen LogP contribution in [0.15, 0.2) is 5.11 Å². The highest BCUT2D eigenvalue weighted by Gasteiger charge is 2.59. The van der Waals surface area contributed by atoms with Gasteiger partial charge in [0, 0.05) is 45.6 Å². The summed E-state index contributed by atoms with van der Waals surface area (Å²) in [5.41, 5.74) is 8.40. The molecule has 168 valence electrons. The normalized spacial score (nSPS) is 27.9. The molecular formula is C17H25N3O10. The highest BCUT2D eigenvalue weighted by atomic mass is 16.7. The molecule has 5 atom stereocenters. The number of hydrogen-bond donors (Lipinski definition) is 1. The van der Waals surface area contributed by atoms with Crippen LogP contribution < -0.4 is 0 Å². The van der Waals surface area contributed by atoms with Gasteiger partial charge in [-0.2, -0.15) is 0 Å². The van der Waals surface area contributed by atoms with Crippen LogP contribution in [0, 0.1) is 0 Å². The molecule has 0 saturated carbocycles. The van der Waals surface area contributed by atoms with E-state index < -0.39 is 60.7 Å². The van der Waals surface area contributed by atoms with Crippen molar-refractivity contribution >= 4 is 23.9 Å². The second-order valence-electron chi connectivity index (χ2n) is 6.54. The Morgan fingerprint density at radius 1 is 1.00 bits per heavy atom. The van der Waals surface area contributed by atoms with E-state index in [9.17, 15) is 24.3 Å². The molecule has 0 aromatic heterocycles. The third-order valence-corrected chi connectivity index (χ3v) is 3.99. The standard InChI is InChI=1S/C17H25N3O10/c1-9(21)26-8-13-14(27-10(2)22)15(28-11(3)23)16(29-12(4)24)17(25,30-13)6-5-7-19-20-18/h13-16,25H,5-8H2,1-4H3/t13-,14-,15+,16+,17-/m1/s1. The molecule has 0 bridgehead atoms. The molecule has 0 spiro atoms. The number of rotatable bonds is 9. The molecule has 0 amide bonds. The molecule has 1 aliphatic heterocycles. The lowest BCUT2D eigenvalue weighted by atomic mass is 9.89. The smallest absolute Gasteiger partial charge is 0.303 e. The number of carbonyl (C=O) groups excluding carboxylic acids is 4. The van der Waals surface area contributed by atoms with Crippen molar-refractivity contribution in [3.05, 3.63) is 10.4 Å². The Hall–Kier alpha value is -2.89. The first kappa shape index (κ1) is 25.1. The Labute approximate surface area is 172 Å². The molecular weight excluding hydrogens is 406 g/mol. The lowest BCUT2D eigenvalue weighted by molar-refractivity contribution is -0.353. The summed E-state index contributed by atoms with van der Waals surface area (Å²) < 4.78 is 26.1. The number of carbonyl (C=O) groups is 4. The van der Waals surface area contributed by atoms with Gasteiger partial charge < -0.3 is 28.8 Å².